The fourth-order valence-electron chi connectivity index (χ4n) is 3.27. The first-order valence-electron chi connectivity index (χ1n) is 7.94. The zero-order valence-corrected chi connectivity index (χ0v) is 13.0. The van der Waals surface area contributed by atoms with Gasteiger partial charge in [-0.25, -0.2) is 0 Å². The van der Waals surface area contributed by atoms with Gasteiger partial charge in [0.2, 0.25) is 0 Å². The molecule has 0 aromatic rings. The minimum atomic E-state index is -0.590. The van der Waals surface area contributed by atoms with Crippen LogP contribution in [0.5, 0.6) is 0 Å². The lowest BCUT2D eigenvalue weighted by molar-refractivity contribution is -0.0216. The van der Waals surface area contributed by atoms with Gasteiger partial charge in [-0.05, 0) is 31.8 Å². The van der Waals surface area contributed by atoms with E-state index in [9.17, 15) is 10.2 Å². The smallest absolute Gasteiger partial charge is 0.109 e. The Bertz CT molecular complexity index is 293. The molecular formula is C15H30N2O3. The molecule has 2 aliphatic heterocycles. The Balaban J connectivity index is 2.00. The lowest BCUT2D eigenvalue weighted by Gasteiger charge is -2.38. The predicted octanol–water partition coefficient (Wildman–Crippen LogP) is 0.206. The number of hydrogen-bond donors (Lipinski definition) is 3. The average molecular weight is 286 g/mol. The zero-order chi connectivity index (χ0) is 14.7. The Labute approximate surface area is 122 Å². The van der Waals surface area contributed by atoms with Crippen molar-refractivity contribution in [2.24, 2.45) is 5.92 Å². The fourth-order valence-corrected chi connectivity index (χ4v) is 3.27. The minimum absolute atomic E-state index is 0.00546. The highest BCUT2D eigenvalue weighted by Crippen LogP contribution is 2.29. The number of aliphatic hydroxyl groups excluding tert-OH is 2. The Hall–Kier alpha value is -0.200. The lowest BCUT2D eigenvalue weighted by atomic mass is 9.94. The van der Waals surface area contributed by atoms with Crippen molar-refractivity contribution >= 4 is 0 Å². The third kappa shape index (κ3) is 3.71. The van der Waals surface area contributed by atoms with Crippen molar-refractivity contribution in [3.8, 4) is 0 Å². The molecule has 5 nitrogen and oxygen atoms in total. The summed E-state index contributed by atoms with van der Waals surface area (Å²) < 4.78 is 5.86. The molecule has 0 aromatic carbocycles. The first-order valence-corrected chi connectivity index (χ1v) is 7.94. The van der Waals surface area contributed by atoms with Crippen LogP contribution in [0, 0.1) is 5.92 Å². The molecule has 3 N–H and O–H groups in total. The van der Waals surface area contributed by atoms with Crippen LogP contribution in [0.3, 0.4) is 0 Å². The van der Waals surface area contributed by atoms with Crippen LogP contribution in [0.4, 0.5) is 0 Å². The highest BCUT2D eigenvalue weighted by Gasteiger charge is 2.46. The molecule has 0 spiro atoms. The molecule has 0 amide bonds. The summed E-state index contributed by atoms with van der Waals surface area (Å²) in [7, 11) is 0. The molecule has 2 rings (SSSR count). The highest BCUT2D eigenvalue weighted by molar-refractivity contribution is 4.98. The van der Waals surface area contributed by atoms with Gasteiger partial charge in [0.25, 0.3) is 0 Å². The molecule has 20 heavy (non-hydrogen) atoms. The van der Waals surface area contributed by atoms with E-state index in [4.69, 9.17) is 4.74 Å². The van der Waals surface area contributed by atoms with Gasteiger partial charge in [-0.3, -0.25) is 4.90 Å². The third-order valence-electron chi connectivity index (χ3n) is 4.61. The summed E-state index contributed by atoms with van der Waals surface area (Å²) in [6.07, 6.45) is 1.28. The summed E-state index contributed by atoms with van der Waals surface area (Å²) in [6.45, 7) is 9.14. The summed E-state index contributed by atoms with van der Waals surface area (Å²) in [5.74, 6) is 0.770. The maximum absolute atomic E-state index is 10.4. The van der Waals surface area contributed by atoms with E-state index in [1.165, 1.54) is 12.8 Å². The minimum Gasteiger partial charge on any atom is -0.394 e. The molecule has 2 fully saturated rings. The molecule has 2 heterocycles. The Kier molecular flexibility index (Phi) is 5.81. The van der Waals surface area contributed by atoms with Gasteiger partial charge in [0.15, 0.2) is 0 Å². The van der Waals surface area contributed by atoms with Gasteiger partial charge >= 0.3 is 0 Å². The zero-order valence-electron chi connectivity index (χ0n) is 13.0. The number of nitrogens with one attached hydrogen (secondary N) is 1. The van der Waals surface area contributed by atoms with Crippen LogP contribution in [0.25, 0.3) is 0 Å². The van der Waals surface area contributed by atoms with E-state index in [0.717, 1.165) is 25.6 Å². The van der Waals surface area contributed by atoms with E-state index in [0.29, 0.717) is 6.04 Å². The molecule has 0 unspecified atom stereocenters. The van der Waals surface area contributed by atoms with Crippen LogP contribution in [-0.4, -0.2) is 71.7 Å². The van der Waals surface area contributed by atoms with Crippen molar-refractivity contribution in [1.82, 2.24) is 10.2 Å². The molecule has 5 heteroatoms. The maximum Gasteiger partial charge on any atom is 0.109 e. The number of ether oxygens (including phenoxy) is 1. The van der Waals surface area contributed by atoms with Crippen molar-refractivity contribution in [3.05, 3.63) is 0 Å². The fraction of sp³-hybridized carbons (Fsp3) is 1.00. The molecule has 0 aliphatic carbocycles. The van der Waals surface area contributed by atoms with E-state index >= 15 is 0 Å². The number of piperidine rings is 1. The monoisotopic (exact) mass is 286 g/mol. The third-order valence-corrected chi connectivity index (χ3v) is 4.61. The molecule has 0 saturated carbocycles. The van der Waals surface area contributed by atoms with Crippen molar-refractivity contribution in [1.29, 1.82) is 0 Å². The van der Waals surface area contributed by atoms with E-state index < -0.39 is 12.2 Å². The van der Waals surface area contributed by atoms with Gasteiger partial charge in [-0.1, -0.05) is 20.8 Å². The highest BCUT2D eigenvalue weighted by atomic mass is 16.5. The van der Waals surface area contributed by atoms with Crippen LogP contribution in [0.2, 0.25) is 0 Å². The molecule has 2 aliphatic rings. The van der Waals surface area contributed by atoms with Gasteiger partial charge in [0.1, 0.15) is 12.2 Å². The summed E-state index contributed by atoms with van der Waals surface area (Å²) in [5, 5.41) is 23.2. The van der Waals surface area contributed by atoms with Crippen LogP contribution in [0.15, 0.2) is 0 Å². The summed E-state index contributed by atoms with van der Waals surface area (Å²) in [4.78, 5) is 2.35. The number of rotatable bonds is 5. The van der Waals surface area contributed by atoms with Crippen LogP contribution in [0.1, 0.15) is 33.6 Å². The molecular weight excluding hydrogens is 256 g/mol. The second-order valence-electron chi connectivity index (χ2n) is 6.66. The average Bonchev–Trinajstić information content (AvgIpc) is 2.74. The molecule has 4 atom stereocenters. The molecule has 0 bridgehead atoms. The first kappa shape index (κ1) is 16.2. The Morgan fingerprint density at radius 1 is 1.25 bits per heavy atom. The lowest BCUT2D eigenvalue weighted by Crippen LogP contribution is -2.53. The topological polar surface area (TPSA) is 65.0 Å². The predicted molar refractivity (Wildman–Crippen MR) is 78.7 cm³/mol. The Morgan fingerprint density at radius 2 is 1.90 bits per heavy atom. The molecule has 0 aromatic heterocycles. The largest absolute Gasteiger partial charge is 0.394 e. The van der Waals surface area contributed by atoms with E-state index in [1.807, 2.05) is 0 Å². The second-order valence-corrected chi connectivity index (χ2v) is 6.66. The number of nitrogens with zero attached hydrogens (tertiary/aromatic N) is 1. The second kappa shape index (κ2) is 7.18. The number of hydrogen-bond acceptors (Lipinski definition) is 5. The van der Waals surface area contributed by atoms with Crippen LogP contribution < -0.4 is 5.32 Å². The number of aliphatic hydroxyl groups is 2. The molecule has 0 radical (unpaired) electrons. The standard InChI is InChI=1S/C15H30N2O3/c1-10(2)16-8-12-14(15(19)13(9-18)20-12)17-6-4-11(3)5-7-17/h10-16,18-19H,4-9H2,1-3H3/t12-,13+,14+,15-/m1/s1. The first-order chi connectivity index (χ1) is 9.52. The quantitative estimate of drug-likeness (QED) is 0.674. The van der Waals surface area contributed by atoms with Crippen molar-refractivity contribution in [3.63, 3.8) is 0 Å². The van der Waals surface area contributed by atoms with Gasteiger partial charge in [0, 0.05) is 12.6 Å². The van der Waals surface area contributed by atoms with Crippen molar-refractivity contribution in [2.45, 2.75) is 64.0 Å². The van der Waals surface area contributed by atoms with Crippen LogP contribution in [-0.2, 0) is 4.74 Å². The summed E-state index contributed by atoms with van der Waals surface area (Å²) in [6, 6.07) is 0.400. The van der Waals surface area contributed by atoms with Crippen LogP contribution >= 0.6 is 0 Å². The van der Waals surface area contributed by atoms with Gasteiger partial charge < -0.3 is 20.3 Å². The van der Waals surface area contributed by atoms with E-state index in [-0.39, 0.29) is 18.8 Å². The Morgan fingerprint density at radius 3 is 2.45 bits per heavy atom. The molecule has 2 saturated heterocycles. The maximum atomic E-state index is 10.4. The SMILES string of the molecule is CC1CCN([C@@H]2[C@H](O)[C@H](CO)O[C@@H]2CNC(C)C)CC1. The van der Waals surface area contributed by atoms with Crippen molar-refractivity contribution in [2.75, 3.05) is 26.2 Å². The van der Waals surface area contributed by atoms with Gasteiger partial charge in [-0.15, -0.1) is 0 Å². The summed E-state index contributed by atoms with van der Waals surface area (Å²) >= 11 is 0. The summed E-state index contributed by atoms with van der Waals surface area (Å²) in [5.41, 5.74) is 0. The van der Waals surface area contributed by atoms with E-state index in [1.54, 1.807) is 0 Å². The van der Waals surface area contributed by atoms with E-state index in [2.05, 4.69) is 31.0 Å². The van der Waals surface area contributed by atoms with Crippen molar-refractivity contribution < 1.29 is 14.9 Å². The molecule has 118 valence electrons. The van der Waals surface area contributed by atoms with Gasteiger partial charge in [0.05, 0.1) is 18.8 Å². The number of likely N-dealkylation sites (tertiary alicyclic amines) is 1. The normalized spacial score (nSPS) is 36.9. The van der Waals surface area contributed by atoms with Gasteiger partial charge in [-0.2, -0.15) is 0 Å².